The maximum atomic E-state index is 12.1. The summed E-state index contributed by atoms with van der Waals surface area (Å²) in [5.41, 5.74) is 0. The van der Waals surface area contributed by atoms with Crippen molar-refractivity contribution in [3.05, 3.63) is 30.3 Å². The van der Waals surface area contributed by atoms with Gasteiger partial charge >= 0.3 is 0 Å². The summed E-state index contributed by atoms with van der Waals surface area (Å²) >= 11 is 1.39. The summed E-state index contributed by atoms with van der Waals surface area (Å²) in [6.45, 7) is 0. The number of benzene rings is 1. The lowest BCUT2D eigenvalue weighted by atomic mass is 10.4. The Kier molecular flexibility index (Phi) is 3.75. The molecule has 1 heterocycles. The lowest BCUT2D eigenvalue weighted by Crippen LogP contribution is -2.09. The van der Waals surface area contributed by atoms with E-state index in [4.69, 9.17) is 0 Å². The van der Waals surface area contributed by atoms with Crippen LogP contribution in [-0.2, 0) is 9.84 Å². The summed E-state index contributed by atoms with van der Waals surface area (Å²) in [7, 11) is -3.23. The molecule has 2 aromatic rings. The van der Waals surface area contributed by atoms with Crippen LogP contribution in [-0.4, -0.2) is 40.1 Å². The molecule has 0 amide bonds. The lowest BCUT2D eigenvalue weighted by Gasteiger charge is -2.04. The normalized spacial score (nSPS) is 15.4. The molecule has 1 aromatic carbocycles. The molecular weight excluding hydrogens is 296 g/mol. The first-order chi connectivity index (χ1) is 9.67. The second-order valence-corrected chi connectivity index (χ2v) is 7.79. The Morgan fingerprint density at radius 2 is 2.00 bits per heavy atom. The number of hydrogen-bond acceptors (Lipinski definition) is 6. The molecule has 0 radical (unpaired) electrons. The van der Waals surface area contributed by atoms with Gasteiger partial charge in [-0.15, -0.1) is 5.10 Å². The first-order valence-corrected chi connectivity index (χ1v) is 8.99. The molecule has 106 valence electrons. The van der Waals surface area contributed by atoms with Crippen LogP contribution in [0.4, 0.5) is 0 Å². The van der Waals surface area contributed by atoms with Crippen molar-refractivity contribution in [1.82, 2.24) is 20.2 Å². The number of rotatable bonds is 6. The van der Waals surface area contributed by atoms with Crippen molar-refractivity contribution < 1.29 is 8.42 Å². The van der Waals surface area contributed by atoms with E-state index in [0.717, 1.165) is 12.8 Å². The van der Waals surface area contributed by atoms with Gasteiger partial charge in [0.25, 0.3) is 0 Å². The SMILES string of the molecule is O=S(=O)(CCSc1nnnn1C1CC1)c1ccccc1. The summed E-state index contributed by atoms with van der Waals surface area (Å²) < 4.78 is 26.0. The van der Waals surface area contributed by atoms with Gasteiger partial charge < -0.3 is 0 Å². The highest BCUT2D eigenvalue weighted by molar-refractivity contribution is 8.00. The van der Waals surface area contributed by atoms with E-state index < -0.39 is 9.84 Å². The van der Waals surface area contributed by atoms with Crippen LogP contribution < -0.4 is 0 Å². The van der Waals surface area contributed by atoms with Gasteiger partial charge in [0.05, 0.1) is 16.7 Å². The molecule has 0 atom stereocenters. The van der Waals surface area contributed by atoms with Gasteiger partial charge in [0.15, 0.2) is 9.84 Å². The highest BCUT2D eigenvalue weighted by atomic mass is 32.2. The van der Waals surface area contributed by atoms with E-state index in [-0.39, 0.29) is 5.75 Å². The fourth-order valence-electron chi connectivity index (χ4n) is 1.82. The van der Waals surface area contributed by atoms with Crippen LogP contribution in [0.25, 0.3) is 0 Å². The third-order valence-electron chi connectivity index (χ3n) is 3.04. The number of tetrazole rings is 1. The Morgan fingerprint density at radius 1 is 1.25 bits per heavy atom. The van der Waals surface area contributed by atoms with Gasteiger partial charge in [-0.05, 0) is 35.4 Å². The van der Waals surface area contributed by atoms with E-state index in [1.807, 2.05) is 0 Å². The number of hydrogen-bond donors (Lipinski definition) is 0. The van der Waals surface area contributed by atoms with Crippen LogP contribution in [0.2, 0.25) is 0 Å². The van der Waals surface area contributed by atoms with Crippen LogP contribution >= 0.6 is 11.8 Å². The van der Waals surface area contributed by atoms with E-state index in [1.54, 1.807) is 35.0 Å². The molecule has 3 rings (SSSR count). The van der Waals surface area contributed by atoms with Crippen molar-refractivity contribution in [2.75, 3.05) is 11.5 Å². The summed E-state index contributed by atoms with van der Waals surface area (Å²) in [6, 6.07) is 8.90. The molecule has 1 aromatic heterocycles. The minimum atomic E-state index is -3.23. The smallest absolute Gasteiger partial charge is 0.209 e. The Hall–Kier alpha value is -1.41. The zero-order chi connectivity index (χ0) is 14.0. The molecule has 6 nitrogen and oxygen atoms in total. The van der Waals surface area contributed by atoms with Gasteiger partial charge in [0, 0.05) is 5.75 Å². The topological polar surface area (TPSA) is 77.7 Å². The van der Waals surface area contributed by atoms with Crippen molar-refractivity contribution in [1.29, 1.82) is 0 Å². The summed E-state index contributed by atoms with van der Waals surface area (Å²) in [4.78, 5) is 0.363. The molecular formula is C12H14N4O2S2. The van der Waals surface area contributed by atoms with Gasteiger partial charge in [-0.1, -0.05) is 30.0 Å². The Bertz CT molecular complexity index is 680. The van der Waals surface area contributed by atoms with Crippen LogP contribution in [0.15, 0.2) is 40.4 Å². The Morgan fingerprint density at radius 3 is 2.70 bits per heavy atom. The second-order valence-electron chi connectivity index (χ2n) is 4.62. The van der Waals surface area contributed by atoms with Crippen LogP contribution in [0.3, 0.4) is 0 Å². The lowest BCUT2D eigenvalue weighted by molar-refractivity contribution is 0.565. The van der Waals surface area contributed by atoms with Crippen molar-refractivity contribution in [2.45, 2.75) is 28.9 Å². The highest BCUT2D eigenvalue weighted by Gasteiger charge is 2.28. The number of thioether (sulfide) groups is 1. The molecule has 20 heavy (non-hydrogen) atoms. The number of aromatic nitrogens is 4. The molecule has 0 bridgehead atoms. The molecule has 0 N–H and O–H groups in total. The standard InChI is InChI=1S/C12H14N4O2S2/c17-20(18,11-4-2-1-3-5-11)9-8-19-12-13-14-15-16(12)10-6-7-10/h1-5,10H,6-9H2. The molecule has 1 aliphatic rings. The van der Waals surface area contributed by atoms with Gasteiger partial charge in [0.1, 0.15) is 0 Å². The van der Waals surface area contributed by atoms with Crippen LogP contribution in [0.1, 0.15) is 18.9 Å². The van der Waals surface area contributed by atoms with Crippen LogP contribution in [0, 0.1) is 0 Å². The fraction of sp³-hybridized carbons (Fsp3) is 0.417. The zero-order valence-electron chi connectivity index (χ0n) is 10.7. The molecule has 0 aliphatic heterocycles. The predicted octanol–water partition coefficient (Wildman–Crippen LogP) is 1.57. The van der Waals surface area contributed by atoms with E-state index in [9.17, 15) is 8.42 Å². The van der Waals surface area contributed by atoms with Crippen LogP contribution in [0.5, 0.6) is 0 Å². The number of nitrogens with zero attached hydrogens (tertiary/aromatic N) is 4. The molecule has 1 fully saturated rings. The predicted molar refractivity (Wildman–Crippen MR) is 75.3 cm³/mol. The molecule has 1 saturated carbocycles. The van der Waals surface area contributed by atoms with Gasteiger partial charge in [-0.3, -0.25) is 0 Å². The average molecular weight is 310 g/mol. The average Bonchev–Trinajstić information content (AvgIpc) is 3.20. The summed E-state index contributed by atoms with van der Waals surface area (Å²) in [6.07, 6.45) is 2.20. The number of sulfone groups is 1. The summed E-state index contributed by atoms with van der Waals surface area (Å²) in [5, 5.41) is 12.2. The maximum Gasteiger partial charge on any atom is 0.209 e. The molecule has 0 saturated heterocycles. The van der Waals surface area contributed by atoms with Crippen molar-refractivity contribution in [3.63, 3.8) is 0 Å². The minimum absolute atomic E-state index is 0.0825. The van der Waals surface area contributed by atoms with E-state index in [0.29, 0.717) is 21.8 Å². The maximum absolute atomic E-state index is 12.1. The zero-order valence-corrected chi connectivity index (χ0v) is 12.3. The molecule has 1 aliphatic carbocycles. The fourth-order valence-corrected chi connectivity index (χ4v) is 4.43. The third-order valence-corrected chi connectivity index (χ3v) is 5.97. The molecule has 0 spiro atoms. The van der Waals surface area contributed by atoms with Gasteiger partial charge in [-0.2, -0.15) is 0 Å². The Balaban J connectivity index is 1.61. The van der Waals surface area contributed by atoms with Crippen molar-refractivity contribution in [3.8, 4) is 0 Å². The third kappa shape index (κ3) is 3.01. The van der Waals surface area contributed by atoms with Crippen molar-refractivity contribution >= 4 is 21.6 Å². The quantitative estimate of drug-likeness (QED) is 0.754. The van der Waals surface area contributed by atoms with Crippen molar-refractivity contribution in [2.24, 2.45) is 0 Å². The minimum Gasteiger partial charge on any atom is -0.224 e. The second kappa shape index (κ2) is 5.53. The molecule has 8 heteroatoms. The molecule has 0 unspecified atom stereocenters. The first-order valence-electron chi connectivity index (χ1n) is 6.35. The van der Waals surface area contributed by atoms with Gasteiger partial charge in [-0.25, -0.2) is 13.1 Å². The van der Waals surface area contributed by atoms with E-state index in [1.165, 1.54) is 11.8 Å². The van der Waals surface area contributed by atoms with Gasteiger partial charge in [0.2, 0.25) is 5.16 Å². The van der Waals surface area contributed by atoms with E-state index in [2.05, 4.69) is 15.5 Å². The largest absolute Gasteiger partial charge is 0.224 e. The summed E-state index contributed by atoms with van der Waals surface area (Å²) in [5.74, 6) is 0.531. The first kappa shape index (κ1) is 13.6. The van der Waals surface area contributed by atoms with E-state index >= 15 is 0 Å². The Labute approximate surface area is 121 Å². The highest BCUT2D eigenvalue weighted by Crippen LogP contribution is 2.36. The monoisotopic (exact) mass is 310 g/mol.